The molecule has 0 aromatic heterocycles. The Balaban J connectivity index is 1.32. The average molecular weight is 384 g/mol. The zero-order valence-corrected chi connectivity index (χ0v) is 16.4. The second-order valence-corrected chi connectivity index (χ2v) is 8.70. The highest BCUT2D eigenvalue weighted by Crippen LogP contribution is 2.55. The third-order valence-corrected chi connectivity index (χ3v) is 6.85. The minimum absolute atomic E-state index is 0.0232. The Hall–Kier alpha value is -2.24. The second-order valence-electron chi connectivity index (χ2n) is 8.70. The zero-order chi connectivity index (χ0) is 19.3. The normalized spacial score (nSPS) is 33.7. The van der Waals surface area contributed by atoms with Crippen LogP contribution in [0.4, 0.5) is 4.79 Å². The van der Waals surface area contributed by atoms with Crippen molar-refractivity contribution in [3.63, 3.8) is 0 Å². The van der Waals surface area contributed by atoms with Crippen LogP contribution in [0.25, 0.3) is 0 Å². The molecule has 5 fully saturated rings. The van der Waals surface area contributed by atoms with Gasteiger partial charge < -0.3 is 14.4 Å². The van der Waals surface area contributed by atoms with Crippen LogP contribution >= 0.6 is 0 Å². The van der Waals surface area contributed by atoms with E-state index in [4.69, 9.17) is 9.47 Å². The second kappa shape index (κ2) is 6.68. The van der Waals surface area contributed by atoms with Crippen LogP contribution in [0.15, 0.2) is 24.3 Å². The molecule has 3 aliphatic heterocycles. The van der Waals surface area contributed by atoms with Crippen molar-refractivity contribution in [1.29, 1.82) is 0 Å². The minimum atomic E-state index is -0.512. The maximum absolute atomic E-state index is 13.2. The van der Waals surface area contributed by atoms with Gasteiger partial charge in [-0.1, -0.05) is 13.3 Å². The first-order valence-electron chi connectivity index (χ1n) is 10.7. The largest absolute Gasteiger partial charge is 0.494 e. The zero-order valence-electron chi connectivity index (χ0n) is 16.4. The van der Waals surface area contributed by atoms with E-state index < -0.39 is 5.54 Å². The summed E-state index contributed by atoms with van der Waals surface area (Å²) in [7, 11) is 0. The molecule has 0 radical (unpaired) electrons. The highest BCUT2D eigenvalue weighted by Gasteiger charge is 2.70. The van der Waals surface area contributed by atoms with Gasteiger partial charge in [-0.25, -0.2) is 4.79 Å². The van der Waals surface area contributed by atoms with Crippen molar-refractivity contribution >= 4 is 11.9 Å². The number of rotatable bonds is 6. The quantitative estimate of drug-likeness (QED) is 0.704. The molecular formula is C22H28N2O4. The highest BCUT2D eigenvalue weighted by atomic mass is 16.5. The third-order valence-electron chi connectivity index (χ3n) is 6.85. The van der Waals surface area contributed by atoms with Gasteiger partial charge >= 0.3 is 6.03 Å². The Morgan fingerprint density at radius 2 is 1.79 bits per heavy atom. The Morgan fingerprint density at radius 1 is 1.07 bits per heavy atom. The lowest BCUT2D eigenvalue weighted by Crippen LogP contribution is -2.54. The van der Waals surface area contributed by atoms with Crippen LogP contribution in [0.5, 0.6) is 11.5 Å². The van der Waals surface area contributed by atoms with Crippen molar-refractivity contribution in [2.75, 3.05) is 13.2 Å². The minimum Gasteiger partial charge on any atom is -0.494 e. The van der Waals surface area contributed by atoms with Gasteiger partial charge in [0, 0.05) is 6.54 Å². The molecule has 6 heteroatoms. The van der Waals surface area contributed by atoms with Gasteiger partial charge in [-0.3, -0.25) is 9.69 Å². The van der Waals surface area contributed by atoms with Gasteiger partial charge in [-0.2, -0.15) is 0 Å². The van der Waals surface area contributed by atoms with E-state index in [9.17, 15) is 9.59 Å². The SMILES string of the molecule is CCCOc1ccc(OC2CCCCC2N2C(=O)N3CC4CC3(C4)C2=O)cc1. The summed E-state index contributed by atoms with van der Waals surface area (Å²) in [6, 6.07) is 7.41. The van der Waals surface area contributed by atoms with Crippen LogP contribution in [0, 0.1) is 5.92 Å². The van der Waals surface area contributed by atoms with E-state index in [1.807, 2.05) is 29.2 Å². The number of hydrogen-bond acceptors (Lipinski definition) is 4. The molecule has 2 unspecified atom stereocenters. The lowest BCUT2D eigenvalue weighted by atomic mass is 9.73. The van der Waals surface area contributed by atoms with E-state index in [1.54, 1.807) is 4.90 Å². The van der Waals surface area contributed by atoms with Gasteiger partial charge in [-0.05, 0) is 68.7 Å². The molecule has 1 aromatic rings. The standard InChI is InChI=1S/C22H28N2O4/c1-2-11-27-16-7-9-17(10-8-16)28-19-6-4-3-5-18(19)24-20(25)22-12-15(13-22)14-23(22)21(24)26/h7-10,15,18-19H,2-6,11-14H2,1H3. The number of amides is 3. The van der Waals surface area contributed by atoms with Gasteiger partial charge in [-0.15, -0.1) is 0 Å². The van der Waals surface area contributed by atoms with Crippen LogP contribution in [0.3, 0.4) is 0 Å². The molecule has 2 aliphatic carbocycles. The molecule has 3 amide bonds. The van der Waals surface area contributed by atoms with E-state index in [0.717, 1.165) is 63.0 Å². The molecule has 150 valence electrons. The molecule has 1 aromatic carbocycles. The fourth-order valence-corrected chi connectivity index (χ4v) is 5.48. The predicted octanol–water partition coefficient (Wildman–Crippen LogP) is 3.59. The van der Waals surface area contributed by atoms with E-state index in [1.165, 1.54) is 0 Å². The van der Waals surface area contributed by atoms with Gasteiger partial charge in [0.1, 0.15) is 23.1 Å². The number of hydrogen-bond donors (Lipinski definition) is 0. The Kier molecular flexibility index (Phi) is 4.25. The smallest absolute Gasteiger partial charge is 0.328 e. The van der Waals surface area contributed by atoms with Gasteiger partial charge in [0.2, 0.25) is 0 Å². The van der Waals surface area contributed by atoms with Crippen LogP contribution in [-0.2, 0) is 4.79 Å². The molecule has 3 saturated heterocycles. The number of urea groups is 1. The fraction of sp³-hybridized carbons (Fsp3) is 0.636. The summed E-state index contributed by atoms with van der Waals surface area (Å²) in [5.41, 5.74) is -0.512. The van der Waals surface area contributed by atoms with Crippen molar-refractivity contribution in [2.45, 2.75) is 69.6 Å². The fourth-order valence-electron chi connectivity index (χ4n) is 5.48. The molecule has 5 aliphatic rings. The summed E-state index contributed by atoms with van der Waals surface area (Å²) in [5, 5.41) is 0. The molecule has 6 rings (SSSR count). The number of nitrogens with zero attached hydrogens (tertiary/aromatic N) is 2. The topological polar surface area (TPSA) is 59.1 Å². The summed E-state index contributed by atoms with van der Waals surface area (Å²) in [6.07, 6.45) is 6.32. The van der Waals surface area contributed by atoms with Gasteiger partial charge in [0.15, 0.2) is 0 Å². The summed E-state index contributed by atoms with van der Waals surface area (Å²) in [4.78, 5) is 29.6. The lowest BCUT2D eigenvalue weighted by molar-refractivity contribution is -0.138. The predicted molar refractivity (Wildman–Crippen MR) is 103 cm³/mol. The number of ether oxygens (including phenoxy) is 2. The van der Waals surface area contributed by atoms with Crippen molar-refractivity contribution < 1.29 is 19.1 Å². The van der Waals surface area contributed by atoms with Crippen LogP contribution in [0.1, 0.15) is 51.9 Å². The number of carbonyl (C=O) groups excluding carboxylic acids is 2. The molecule has 2 atom stereocenters. The Labute approximate surface area is 165 Å². The molecule has 6 nitrogen and oxygen atoms in total. The summed E-state index contributed by atoms with van der Waals surface area (Å²) < 4.78 is 11.9. The summed E-state index contributed by atoms with van der Waals surface area (Å²) >= 11 is 0. The first-order valence-corrected chi connectivity index (χ1v) is 10.7. The number of imide groups is 1. The van der Waals surface area contributed by atoms with E-state index in [2.05, 4.69) is 6.92 Å². The molecular weight excluding hydrogens is 356 g/mol. The van der Waals surface area contributed by atoms with Crippen LogP contribution in [0.2, 0.25) is 0 Å². The molecule has 0 N–H and O–H groups in total. The van der Waals surface area contributed by atoms with Crippen LogP contribution < -0.4 is 9.47 Å². The van der Waals surface area contributed by atoms with E-state index in [0.29, 0.717) is 12.5 Å². The van der Waals surface area contributed by atoms with Gasteiger partial charge in [0.05, 0.1) is 12.6 Å². The summed E-state index contributed by atoms with van der Waals surface area (Å²) in [6.45, 7) is 3.53. The van der Waals surface area contributed by atoms with Crippen molar-refractivity contribution in [1.82, 2.24) is 9.80 Å². The monoisotopic (exact) mass is 384 g/mol. The molecule has 2 saturated carbocycles. The molecule has 1 spiro atoms. The first-order chi connectivity index (χ1) is 13.6. The van der Waals surface area contributed by atoms with E-state index >= 15 is 0 Å². The van der Waals surface area contributed by atoms with Crippen LogP contribution in [-0.4, -0.2) is 52.6 Å². The van der Waals surface area contributed by atoms with Crippen molar-refractivity contribution in [3.05, 3.63) is 24.3 Å². The lowest BCUT2D eigenvalue weighted by Gasteiger charge is -2.39. The number of carbonyl (C=O) groups is 2. The first kappa shape index (κ1) is 17.8. The van der Waals surface area contributed by atoms with Crippen molar-refractivity contribution in [2.24, 2.45) is 5.92 Å². The van der Waals surface area contributed by atoms with E-state index in [-0.39, 0.29) is 24.1 Å². The third kappa shape index (κ3) is 2.60. The molecule has 3 heterocycles. The van der Waals surface area contributed by atoms with Crippen molar-refractivity contribution in [3.8, 4) is 11.5 Å². The Morgan fingerprint density at radius 3 is 2.50 bits per heavy atom. The maximum atomic E-state index is 13.2. The number of benzene rings is 1. The molecule has 28 heavy (non-hydrogen) atoms. The average Bonchev–Trinajstić information content (AvgIpc) is 3.31. The Bertz CT molecular complexity index is 768. The summed E-state index contributed by atoms with van der Waals surface area (Å²) in [5.74, 6) is 2.15. The van der Waals surface area contributed by atoms with Gasteiger partial charge in [0.25, 0.3) is 5.91 Å². The maximum Gasteiger partial charge on any atom is 0.328 e. The highest BCUT2D eigenvalue weighted by molar-refractivity contribution is 6.09. The molecule has 2 bridgehead atoms.